The molecule has 0 saturated heterocycles. The predicted octanol–water partition coefficient (Wildman–Crippen LogP) is -0.409. The lowest BCUT2D eigenvalue weighted by Gasteiger charge is -2.08. The van der Waals surface area contributed by atoms with E-state index in [9.17, 15) is 0 Å². The molecule has 4 nitrogen and oxygen atoms in total. The van der Waals surface area contributed by atoms with Gasteiger partial charge in [-0.05, 0) is 12.5 Å². The monoisotopic (exact) mass is 169 g/mol. The van der Waals surface area contributed by atoms with Crippen molar-refractivity contribution in [3.63, 3.8) is 0 Å². The van der Waals surface area contributed by atoms with E-state index in [0.717, 1.165) is 11.3 Å². The zero-order chi connectivity index (χ0) is 9.14. The van der Waals surface area contributed by atoms with Crippen LogP contribution in [0.5, 0.6) is 0 Å². The van der Waals surface area contributed by atoms with Crippen LogP contribution in [0.4, 0.5) is 0 Å². The van der Waals surface area contributed by atoms with Crippen molar-refractivity contribution < 1.29 is 5.11 Å². The molecular weight excluding hydrogens is 154 g/mol. The van der Waals surface area contributed by atoms with E-state index in [1.54, 1.807) is 10.9 Å². The van der Waals surface area contributed by atoms with Gasteiger partial charge in [0.05, 0.1) is 12.8 Å². The van der Waals surface area contributed by atoms with E-state index < -0.39 is 0 Å². The lowest BCUT2D eigenvalue weighted by atomic mass is 10.1. The van der Waals surface area contributed by atoms with Crippen LogP contribution in [0.25, 0.3) is 0 Å². The second-order valence-corrected chi connectivity index (χ2v) is 3.04. The number of aryl methyl sites for hydroxylation is 2. The average molecular weight is 169 g/mol. The summed E-state index contributed by atoms with van der Waals surface area (Å²) >= 11 is 0. The summed E-state index contributed by atoms with van der Waals surface area (Å²) in [7, 11) is 1.88. The van der Waals surface area contributed by atoms with Crippen molar-refractivity contribution in [3.8, 4) is 0 Å². The fraction of sp³-hybridized carbons (Fsp3) is 0.625. The fourth-order valence-corrected chi connectivity index (χ4v) is 1.18. The van der Waals surface area contributed by atoms with Gasteiger partial charge < -0.3 is 10.8 Å². The second kappa shape index (κ2) is 3.69. The molecule has 1 rings (SSSR count). The van der Waals surface area contributed by atoms with Gasteiger partial charge in [-0.3, -0.25) is 4.68 Å². The van der Waals surface area contributed by atoms with Crippen molar-refractivity contribution in [2.45, 2.75) is 19.4 Å². The van der Waals surface area contributed by atoms with E-state index in [4.69, 9.17) is 10.8 Å². The van der Waals surface area contributed by atoms with Crippen LogP contribution in [0, 0.1) is 6.92 Å². The van der Waals surface area contributed by atoms with Gasteiger partial charge in [0.2, 0.25) is 0 Å². The number of hydrogen-bond acceptors (Lipinski definition) is 3. The Morgan fingerprint density at radius 2 is 2.42 bits per heavy atom. The molecule has 68 valence electrons. The Labute approximate surface area is 72.0 Å². The maximum absolute atomic E-state index is 8.76. The highest BCUT2D eigenvalue weighted by Crippen LogP contribution is 2.07. The van der Waals surface area contributed by atoms with Gasteiger partial charge in [0.15, 0.2) is 0 Å². The van der Waals surface area contributed by atoms with E-state index in [1.807, 2.05) is 14.0 Å². The third kappa shape index (κ3) is 1.84. The maximum atomic E-state index is 8.76. The number of rotatable bonds is 3. The smallest absolute Gasteiger partial charge is 0.0586 e. The van der Waals surface area contributed by atoms with Crippen molar-refractivity contribution in [1.82, 2.24) is 9.78 Å². The van der Waals surface area contributed by atoms with Crippen molar-refractivity contribution in [3.05, 3.63) is 17.5 Å². The predicted molar refractivity (Wildman–Crippen MR) is 46.7 cm³/mol. The van der Waals surface area contributed by atoms with Crippen LogP contribution in [0.1, 0.15) is 11.3 Å². The maximum Gasteiger partial charge on any atom is 0.0586 e. The van der Waals surface area contributed by atoms with Crippen LogP contribution in [-0.2, 0) is 13.5 Å². The number of nitrogens with zero attached hydrogens (tertiary/aromatic N) is 2. The summed E-state index contributed by atoms with van der Waals surface area (Å²) in [4.78, 5) is 0. The summed E-state index contributed by atoms with van der Waals surface area (Å²) in [5, 5.41) is 12.8. The van der Waals surface area contributed by atoms with Crippen LogP contribution in [0.15, 0.2) is 6.20 Å². The molecule has 0 spiro atoms. The standard InChI is InChI=1S/C8H15N3O/c1-6-4-10-11(2)8(6)3-7(9)5-12/h4,7,12H,3,5,9H2,1-2H3. The van der Waals surface area contributed by atoms with Crippen molar-refractivity contribution in [1.29, 1.82) is 0 Å². The number of aromatic nitrogens is 2. The SMILES string of the molecule is Cc1cnn(C)c1CC(N)CO. The first-order chi connectivity index (χ1) is 5.65. The van der Waals surface area contributed by atoms with E-state index in [1.165, 1.54) is 0 Å². The highest BCUT2D eigenvalue weighted by Gasteiger charge is 2.08. The fourth-order valence-electron chi connectivity index (χ4n) is 1.18. The lowest BCUT2D eigenvalue weighted by molar-refractivity contribution is 0.263. The Balaban J connectivity index is 2.73. The molecule has 0 bridgehead atoms. The molecule has 0 fully saturated rings. The Morgan fingerprint density at radius 3 is 2.83 bits per heavy atom. The average Bonchev–Trinajstić information content (AvgIpc) is 2.35. The molecule has 1 aromatic rings. The van der Waals surface area contributed by atoms with Gasteiger partial charge in [-0.2, -0.15) is 5.10 Å². The third-order valence-corrected chi connectivity index (χ3v) is 1.96. The van der Waals surface area contributed by atoms with E-state index >= 15 is 0 Å². The number of aliphatic hydroxyl groups excluding tert-OH is 1. The molecule has 0 radical (unpaired) electrons. The summed E-state index contributed by atoms with van der Waals surface area (Å²) in [6.07, 6.45) is 2.48. The van der Waals surface area contributed by atoms with Gasteiger partial charge in [0.25, 0.3) is 0 Å². The highest BCUT2D eigenvalue weighted by molar-refractivity contribution is 5.16. The topological polar surface area (TPSA) is 64.1 Å². The van der Waals surface area contributed by atoms with Gasteiger partial charge in [0, 0.05) is 25.2 Å². The number of aliphatic hydroxyl groups is 1. The molecule has 12 heavy (non-hydrogen) atoms. The molecule has 1 aromatic heterocycles. The molecular formula is C8H15N3O. The first-order valence-electron chi connectivity index (χ1n) is 3.99. The quantitative estimate of drug-likeness (QED) is 0.646. The Morgan fingerprint density at radius 1 is 1.75 bits per heavy atom. The molecule has 0 aromatic carbocycles. The van der Waals surface area contributed by atoms with Crippen LogP contribution < -0.4 is 5.73 Å². The third-order valence-electron chi connectivity index (χ3n) is 1.96. The molecule has 1 atom stereocenters. The lowest BCUT2D eigenvalue weighted by Crippen LogP contribution is -2.28. The Hall–Kier alpha value is -0.870. The number of hydrogen-bond donors (Lipinski definition) is 2. The minimum atomic E-state index is -0.181. The minimum Gasteiger partial charge on any atom is -0.395 e. The molecule has 0 aliphatic rings. The van der Waals surface area contributed by atoms with Gasteiger partial charge in [0.1, 0.15) is 0 Å². The first kappa shape index (κ1) is 9.22. The van der Waals surface area contributed by atoms with Crippen LogP contribution in [0.3, 0.4) is 0 Å². The minimum absolute atomic E-state index is 0.0185. The van der Waals surface area contributed by atoms with Crippen LogP contribution in [-0.4, -0.2) is 27.5 Å². The summed E-state index contributed by atoms with van der Waals surface area (Å²) < 4.78 is 1.80. The Bertz CT molecular complexity index is 237. The van der Waals surface area contributed by atoms with Gasteiger partial charge in [-0.25, -0.2) is 0 Å². The highest BCUT2D eigenvalue weighted by atomic mass is 16.3. The van der Waals surface area contributed by atoms with Gasteiger partial charge >= 0.3 is 0 Å². The van der Waals surface area contributed by atoms with Crippen molar-refractivity contribution >= 4 is 0 Å². The first-order valence-corrected chi connectivity index (χ1v) is 3.99. The van der Waals surface area contributed by atoms with Gasteiger partial charge in [-0.1, -0.05) is 0 Å². The summed E-state index contributed by atoms with van der Waals surface area (Å²) in [6, 6.07) is -0.181. The van der Waals surface area contributed by atoms with E-state index in [-0.39, 0.29) is 12.6 Å². The summed E-state index contributed by atoms with van der Waals surface area (Å²) in [6.45, 7) is 2.01. The van der Waals surface area contributed by atoms with Crippen molar-refractivity contribution in [2.24, 2.45) is 12.8 Å². The zero-order valence-electron chi connectivity index (χ0n) is 7.49. The largest absolute Gasteiger partial charge is 0.395 e. The molecule has 0 aliphatic carbocycles. The molecule has 0 amide bonds. The van der Waals surface area contributed by atoms with Gasteiger partial charge in [-0.15, -0.1) is 0 Å². The van der Waals surface area contributed by atoms with Crippen molar-refractivity contribution in [2.75, 3.05) is 6.61 Å². The molecule has 4 heteroatoms. The Kier molecular flexibility index (Phi) is 2.83. The molecule has 0 aliphatic heterocycles. The van der Waals surface area contributed by atoms with E-state index in [2.05, 4.69) is 5.10 Å². The summed E-state index contributed by atoms with van der Waals surface area (Å²) in [5.74, 6) is 0. The summed E-state index contributed by atoms with van der Waals surface area (Å²) in [5.41, 5.74) is 7.83. The number of nitrogens with two attached hydrogens (primary N) is 1. The van der Waals surface area contributed by atoms with E-state index in [0.29, 0.717) is 6.42 Å². The second-order valence-electron chi connectivity index (χ2n) is 3.04. The molecule has 1 unspecified atom stereocenters. The van der Waals surface area contributed by atoms with Crippen LogP contribution in [0.2, 0.25) is 0 Å². The van der Waals surface area contributed by atoms with Crippen LogP contribution >= 0.6 is 0 Å². The molecule has 1 heterocycles. The zero-order valence-corrected chi connectivity index (χ0v) is 7.49. The normalized spacial score (nSPS) is 13.3. The molecule has 0 saturated carbocycles. The molecule has 3 N–H and O–H groups in total.